The van der Waals surface area contributed by atoms with E-state index in [0.717, 1.165) is 12.8 Å². The number of rotatable bonds is 3. The lowest BCUT2D eigenvalue weighted by atomic mass is 9.97. The summed E-state index contributed by atoms with van der Waals surface area (Å²) in [5.41, 5.74) is 0.0706. The van der Waals surface area contributed by atoms with E-state index in [4.69, 9.17) is 14.2 Å². The number of likely N-dealkylation sites (tertiary alicyclic amines) is 1. The van der Waals surface area contributed by atoms with Gasteiger partial charge in [-0.1, -0.05) is 0 Å². The van der Waals surface area contributed by atoms with Crippen molar-refractivity contribution in [3.05, 3.63) is 23.8 Å². The molecule has 2 aliphatic heterocycles. The second kappa shape index (κ2) is 8.29. The smallest absolute Gasteiger partial charge is 0.410 e. The largest absolute Gasteiger partial charge is 0.486 e. The van der Waals surface area contributed by atoms with Gasteiger partial charge in [0.15, 0.2) is 11.5 Å². The third-order valence-corrected chi connectivity index (χ3v) is 4.84. The topological polar surface area (TPSA) is 68.3 Å². The normalized spacial score (nSPS) is 19.1. The van der Waals surface area contributed by atoms with Crippen molar-refractivity contribution in [1.82, 2.24) is 9.80 Å². The molecule has 7 nitrogen and oxygen atoms in total. The van der Waals surface area contributed by atoms with Gasteiger partial charge in [-0.25, -0.2) is 4.79 Å². The molecule has 0 aliphatic carbocycles. The van der Waals surface area contributed by atoms with Crippen LogP contribution in [0.4, 0.5) is 4.79 Å². The fraction of sp³-hybridized carbons (Fsp3) is 0.619. The Balaban J connectivity index is 1.58. The molecule has 1 atom stereocenters. The minimum absolute atomic E-state index is 0.0636. The lowest BCUT2D eigenvalue weighted by Gasteiger charge is -2.35. The molecule has 0 radical (unpaired) electrons. The highest BCUT2D eigenvalue weighted by Crippen LogP contribution is 2.31. The van der Waals surface area contributed by atoms with E-state index in [9.17, 15) is 9.59 Å². The number of hydrogen-bond acceptors (Lipinski definition) is 5. The highest BCUT2D eigenvalue weighted by atomic mass is 16.6. The molecule has 0 bridgehead atoms. The Kier molecular flexibility index (Phi) is 6.01. The molecule has 0 saturated carbocycles. The molecule has 2 heterocycles. The van der Waals surface area contributed by atoms with Crippen molar-refractivity contribution in [3.63, 3.8) is 0 Å². The van der Waals surface area contributed by atoms with Crippen molar-refractivity contribution in [3.8, 4) is 11.5 Å². The van der Waals surface area contributed by atoms with Crippen molar-refractivity contribution in [2.24, 2.45) is 5.92 Å². The van der Waals surface area contributed by atoms with E-state index in [0.29, 0.717) is 49.9 Å². The maximum absolute atomic E-state index is 12.8. The summed E-state index contributed by atoms with van der Waals surface area (Å²) < 4.78 is 16.6. The predicted molar refractivity (Wildman–Crippen MR) is 105 cm³/mol. The summed E-state index contributed by atoms with van der Waals surface area (Å²) in [6.45, 7) is 8.51. The molecule has 7 heteroatoms. The number of ether oxygens (including phenoxy) is 3. The number of benzene rings is 1. The summed E-state index contributed by atoms with van der Waals surface area (Å²) >= 11 is 0. The van der Waals surface area contributed by atoms with Gasteiger partial charge in [-0.2, -0.15) is 0 Å². The molecular formula is C21H30N2O5. The first-order valence-corrected chi connectivity index (χ1v) is 9.86. The Morgan fingerprint density at radius 1 is 1.21 bits per heavy atom. The third-order valence-electron chi connectivity index (χ3n) is 4.84. The average Bonchev–Trinajstić information content (AvgIpc) is 2.66. The second-order valence-electron chi connectivity index (χ2n) is 8.48. The zero-order valence-corrected chi connectivity index (χ0v) is 17.2. The molecule has 28 heavy (non-hydrogen) atoms. The zero-order chi connectivity index (χ0) is 20.3. The maximum Gasteiger partial charge on any atom is 0.410 e. The molecule has 2 amide bonds. The molecule has 2 aliphatic rings. The van der Waals surface area contributed by atoms with Crippen LogP contribution >= 0.6 is 0 Å². The van der Waals surface area contributed by atoms with Gasteiger partial charge >= 0.3 is 6.09 Å². The maximum atomic E-state index is 12.8. The SMILES string of the molecule is CN(CC1CCCN(C(=O)OC(C)(C)C)C1)C(=O)c1ccc2c(c1)OCCO2. The highest BCUT2D eigenvalue weighted by molar-refractivity contribution is 5.94. The summed E-state index contributed by atoms with van der Waals surface area (Å²) in [5, 5.41) is 0. The standard InChI is InChI=1S/C21H30N2O5/c1-21(2,3)28-20(25)23-9-5-6-15(14-23)13-22(4)19(24)16-7-8-17-18(12-16)27-11-10-26-17/h7-8,12,15H,5-6,9-11,13-14H2,1-4H3. The van der Waals surface area contributed by atoms with E-state index in [2.05, 4.69) is 0 Å². The number of hydrogen-bond donors (Lipinski definition) is 0. The monoisotopic (exact) mass is 390 g/mol. The van der Waals surface area contributed by atoms with Crippen LogP contribution in [0.15, 0.2) is 18.2 Å². The van der Waals surface area contributed by atoms with Gasteiger partial charge in [0.25, 0.3) is 5.91 Å². The van der Waals surface area contributed by atoms with Crippen LogP contribution in [0.2, 0.25) is 0 Å². The number of carbonyl (C=O) groups is 2. The molecule has 3 rings (SSSR count). The lowest BCUT2D eigenvalue weighted by molar-refractivity contribution is 0.0151. The minimum atomic E-state index is -0.505. The lowest BCUT2D eigenvalue weighted by Crippen LogP contribution is -2.45. The number of nitrogens with zero attached hydrogens (tertiary/aromatic N) is 2. The summed E-state index contributed by atoms with van der Waals surface area (Å²) in [4.78, 5) is 28.6. The fourth-order valence-electron chi connectivity index (χ4n) is 3.57. The van der Waals surface area contributed by atoms with Crippen LogP contribution in [0.1, 0.15) is 44.0 Å². The van der Waals surface area contributed by atoms with E-state index >= 15 is 0 Å². The van der Waals surface area contributed by atoms with Crippen LogP contribution in [0.3, 0.4) is 0 Å². The molecule has 154 valence electrons. The summed E-state index contributed by atoms with van der Waals surface area (Å²) in [7, 11) is 1.80. The summed E-state index contributed by atoms with van der Waals surface area (Å²) in [6.07, 6.45) is 1.62. The van der Waals surface area contributed by atoms with Gasteiger partial charge in [0, 0.05) is 32.2 Å². The van der Waals surface area contributed by atoms with Gasteiger partial charge in [-0.05, 0) is 57.7 Å². The second-order valence-corrected chi connectivity index (χ2v) is 8.48. The Bertz CT molecular complexity index is 728. The molecule has 1 fully saturated rings. The fourth-order valence-corrected chi connectivity index (χ4v) is 3.57. The van der Waals surface area contributed by atoms with Gasteiger partial charge in [0.1, 0.15) is 18.8 Å². The van der Waals surface area contributed by atoms with Crippen LogP contribution in [0.5, 0.6) is 11.5 Å². The molecule has 1 aromatic carbocycles. The Labute approximate surface area is 166 Å². The summed E-state index contributed by atoms with van der Waals surface area (Å²) in [6, 6.07) is 5.28. The van der Waals surface area contributed by atoms with E-state index in [1.165, 1.54) is 0 Å². The van der Waals surface area contributed by atoms with Crippen LogP contribution in [-0.4, -0.2) is 67.3 Å². The van der Waals surface area contributed by atoms with E-state index in [1.807, 2.05) is 20.8 Å². The average molecular weight is 390 g/mol. The number of fused-ring (bicyclic) bond motifs is 1. The van der Waals surface area contributed by atoms with Crippen molar-refractivity contribution < 1.29 is 23.8 Å². The Morgan fingerprint density at radius 3 is 2.64 bits per heavy atom. The van der Waals surface area contributed by atoms with Gasteiger partial charge in [0.2, 0.25) is 0 Å². The summed E-state index contributed by atoms with van der Waals surface area (Å²) in [5.74, 6) is 1.45. The third kappa shape index (κ3) is 5.09. The van der Waals surface area contributed by atoms with E-state index in [1.54, 1.807) is 35.0 Å². The molecule has 0 spiro atoms. The van der Waals surface area contributed by atoms with Gasteiger partial charge in [-0.15, -0.1) is 0 Å². The Hall–Kier alpha value is -2.44. The first-order valence-electron chi connectivity index (χ1n) is 9.86. The van der Waals surface area contributed by atoms with Crippen LogP contribution in [-0.2, 0) is 4.74 Å². The molecule has 0 N–H and O–H groups in total. The van der Waals surface area contributed by atoms with Crippen molar-refractivity contribution in [2.75, 3.05) is 39.9 Å². The van der Waals surface area contributed by atoms with Crippen LogP contribution in [0.25, 0.3) is 0 Å². The van der Waals surface area contributed by atoms with Crippen molar-refractivity contribution in [2.45, 2.75) is 39.2 Å². The first kappa shape index (κ1) is 20.3. The number of carbonyl (C=O) groups excluding carboxylic acids is 2. The van der Waals surface area contributed by atoms with Gasteiger partial charge in [-0.3, -0.25) is 4.79 Å². The number of amides is 2. The van der Waals surface area contributed by atoms with Gasteiger partial charge < -0.3 is 24.0 Å². The predicted octanol–water partition coefficient (Wildman–Crippen LogP) is 3.18. The highest BCUT2D eigenvalue weighted by Gasteiger charge is 2.29. The Morgan fingerprint density at radius 2 is 1.93 bits per heavy atom. The molecule has 1 unspecified atom stereocenters. The van der Waals surface area contributed by atoms with Gasteiger partial charge in [0.05, 0.1) is 0 Å². The molecule has 1 aromatic rings. The molecule has 1 saturated heterocycles. The number of piperidine rings is 1. The molecule has 0 aromatic heterocycles. The van der Waals surface area contributed by atoms with E-state index in [-0.39, 0.29) is 17.9 Å². The van der Waals surface area contributed by atoms with Crippen LogP contribution in [0, 0.1) is 5.92 Å². The zero-order valence-electron chi connectivity index (χ0n) is 17.2. The quantitative estimate of drug-likeness (QED) is 0.793. The van der Waals surface area contributed by atoms with E-state index < -0.39 is 5.60 Å². The first-order chi connectivity index (χ1) is 13.2. The van der Waals surface area contributed by atoms with Crippen molar-refractivity contribution in [1.29, 1.82) is 0 Å². The molecular weight excluding hydrogens is 360 g/mol. The minimum Gasteiger partial charge on any atom is -0.486 e. The van der Waals surface area contributed by atoms with Crippen LogP contribution < -0.4 is 9.47 Å². The van der Waals surface area contributed by atoms with Crippen molar-refractivity contribution >= 4 is 12.0 Å².